The Kier molecular flexibility index (Phi) is 6.50. The van der Waals surface area contributed by atoms with Crippen LogP contribution in [-0.2, 0) is 11.2 Å². The molecule has 0 heterocycles. The molecule has 2 nitrogen and oxygen atoms in total. The van der Waals surface area contributed by atoms with Gasteiger partial charge in [0.2, 0.25) is 0 Å². The maximum absolute atomic E-state index is 14.9. The largest absolute Gasteiger partial charge is 0.508 e. The molecule has 5 atom stereocenters. The van der Waals surface area contributed by atoms with Gasteiger partial charge in [0.15, 0.2) is 0 Å². The van der Waals surface area contributed by atoms with Gasteiger partial charge in [-0.15, -0.1) is 11.6 Å². The summed E-state index contributed by atoms with van der Waals surface area (Å²) in [7, 11) is 0. The van der Waals surface area contributed by atoms with Crippen LogP contribution in [0.3, 0.4) is 0 Å². The van der Waals surface area contributed by atoms with Gasteiger partial charge < -0.3 is 5.11 Å². The van der Waals surface area contributed by atoms with Crippen molar-refractivity contribution in [1.82, 2.24) is 0 Å². The molecule has 2 fully saturated rings. The van der Waals surface area contributed by atoms with Gasteiger partial charge in [0.1, 0.15) is 17.7 Å². The highest BCUT2D eigenvalue weighted by Crippen LogP contribution is 2.60. The van der Waals surface area contributed by atoms with Gasteiger partial charge in [-0.05, 0) is 67.2 Å². The van der Waals surface area contributed by atoms with E-state index in [4.69, 9.17) is 11.6 Å². The number of benzene rings is 1. The Balaban J connectivity index is 0.000000307. The maximum Gasteiger partial charge on any atom is 0.139 e. The van der Waals surface area contributed by atoms with Gasteiger partial charge in [-0.1, -0.05) is 32.8 Å². The van der Waals surface area contributed by atoms with E-state index in [9.17, 15) is 14.3 Å². The minimum atomic E-state index is -0.943. The van der Waals surface area contributed by atoms with Gasteiger partial charge in [0.05, 0.1) is 0 Å². The zero-order valence-corrected chi connectivity index (χ0v) is 17.3. The summed E-state index contributed by atoms with van der Waals surface area (Å²) in [5.74, 6) is 1.89. The van der Waals surface area contributed by atoms with Crippen LogP contribution in [0.25, 0.3) is 0 Å². The summed E-state index contributed by atoms with van der Waals surface area (Å²) in [5.41, 5.74) is 1.72. The first-order valence-electron chi connectivity index (χ1n) is 10.5. The van der Waals surface area contributed by atoms with Crippen molar-refractivity contribution in [2.24, 2.45) is 17.3 Å². The Labute approximate surface area is 167 Å². The molecule has 0 aliphatic heterocycles. The summed E-state index contributed by atoms with van der Waals surface area (Å²) in [5, 5.41) is 9.64. The molecule has 150 valence electrons. The topological polar surface area (TPSA) is 37.3 Å². The number of ketones is 1. The van der Waals surface area contributed by atoms with Crippen molar-refractivity contribution in [3.05, 3.63) is 29.3 Å². The maximum atomic E-state index is 14.9. The minimum absolute atomic E-state index is 0.0849. The fourth-order valence-electron chi connectivity index (χ4n) is 5.71. The summed E-state index contributed by atoms with van der Waals surface area (Å²) in [6, 6.07) is 5.35. The molecule has 0 bridgehead atoms. The molecule has 3 aliphatic rings. The summed E-state index contributed by atoms with van der Waals surface area (Å²) in [6.45, 7) is 4.16. The number of Topliss-reactive ketones (excluding diaryl/α,β-unsaturated/α-hetero) is 1. The Morgan fingerprint density at radius 2 is 2.04 bits per heavy atom. The molecule has 0 radical (unpaired) electrons. The molecule has 0 aromatic heterocycles. The molecule has 4 heteroatoms. The highest BCUT2D eigenvalue weighted by atomic mass is 35.5. The Bertz CT molecular complexity index is 672. The molecule has 2 saturated carbocycles. The van der Waals surface area contributed by atoms with E-state index < -0.39 is 11.6 Å². The van der Waals surface area contributed by atoms with Crippen LogP contribution in [0, 0.1) is 17.3 Å². The number of carbonyl (C=O) groups excluding carboxylic acids is 1. The number of halogens is 2. The molecule has 3 aliphatic carbocycles. The molecule has 1 aromatic rings. The summed E-state index contributed by atoms with van der Waals surface area (Å²) < 4.78 is 14.9. The molecule has 0 amide bonds. The van der Waals surface area contributed by atoms with Gasteiger partial charge in [-0.3, -0.25) is 4.79 Å². The van der Waals surface area contributed by atoms with Gasteiger partial charge in [-0.25, -0.2) is 4.39 Å². The van der Waals surface area contributed by atoms with Crippen LogP contribution in [-0.4, -0.2) is 22.9 Å². The first-order chi connectivity index (χ1) is 12.9. The van der Waals surface area contributed by atoms with E-state index in [0.29, 0.717) is 18.8 Å². The number of carbonyl (C=O) groups is 1. The predicted octanol–water partition coefficient (Wildman–Crippen LogP) is 6.18. The lowest BCUT2D eigenvalue weighted by Gasteiger charge is -2.49. The molecule has 0 saturated heterocycles. The van der Waals surface area contributed by atoms with Crippen LogP contribution >= 0.6 is 11.6 Å². The van der Waals surface area contributed by atoms with Gasteiger partial charge >= 0.3 is 0 Å². The molecule has 5 unspecified atom stereocenters. The predicted molar refractivity (Wildman–Crippen MR) is 108 cm³/mol. The van der Waals surface area contributed by atoms with Crippen LogP contribution in [0.2, 0.25) is 0 Å². The Morgan fingerprint density at radius 3 is 2.70 bits per heavy atom. The number of hydrogen-bond acceptors (Lipinski definition) is 2. The van der Waals surface area contributed by atoms with Gasteiger partial charge in [-0.2, -0.15) is 0 Å². The molecular formula is C23H32ClFO2. The van der Waals surface area contributed by atoms with Crippen molar-refractivity contribution in [3.63, 3.8) is 0 Å². The van der Waals surface area contributed by atoms with E-state index in [1.54, 1.807) is 12.1 Å². The number of rotatable bonds is 3. The number of aryl methyl sites for hydroxylation is 1. The first-order valence-corrected chi connectivity index (χ1v) is 11.0. The van der Waals surface area contributed by atoms with Crippen molar-refractivity contribution in [2.75, 3.05) is 5.88 Å². The summed E-state index contributed by atoms with van der Waals surface area (Å²) in [4.78, 5) is 12.2. The molecule has 0 spiro atoms. The Morgan fingerprint density at radius 1 is 1.26 bits per heavy atom. The zero-order chi connectivity index (χ0) is 19.6. The van der Waals surface area contributed by atoms with Crippen molar-refractivity contribution < 1.29 is 14.3 Å². The smallest absolute Gasteiger partial charge is 0.139 e. The van der Waals surface area contributed by atoms with Gasteiger partial charge in [0, 0.05) is 23.6 Å². The van der Waals surface area contributed by atoms with E-state index in [1.807, 2.05) is 13.0 Å². The number of alkyl halides is 2. The number of hydrogen-bond donors (Lipinski definition) is 1. The number of phenols is 1. The van der Waals surface area contributed by atoms with E-state index >= 15 is 0 Å². The third kappa shape index (κ3) is 3.90. The lowest BCUT2D eigenvalue weighted by Crippen LogP contribution is -2.47. The molecule has 4 rings (SSSR count). The van der Waals surface area contributed by atoms with Crippen LogP contribution in [0.1, 0.15) is 75.8 Å². The molecule has 1 N–H and O–H groups in total. The van der Waals surface area contributed by atoms with Crippen LogP contribution in [0.4, 0.5) is 4.39 Å². The second-order valence-corrected chi connectivity index (χ2v) is 9.09. The molecular weight excluding hydrogens is 363 g/mol. The van der Waals surface area contributed by atoms with Crippen LogP contribution < -0.4 is 0 Å². The third-order valence-corrected chi connectivity index (χ3v) is 7.36. The van der Waals surface area contributed by atoms with Crippen molar-refractivity contribution >= 4 is 17.4 Å². The normalized spacial score (nSPS) is 34.1. The van der Waals surface area contributed by atoms with Crippen LogP contribution in [0.5, 0.6) is 5.75 Å². The highest BCUT2D eigenvalue weighted by Gasteiger charge is 2.58. The SMILES string of the molecule is CC12CC(F)C3c4ccc(O)cc4CCC3C1CCC2=O.CCCCCCl. The van der Waals surface area contributed by atoms with E-state index in [2.05, 4.69) is 6.92 Å². The third-order valence-electron chi connectivity index (χ3n) is 7.09. The Hall–Kier alpha value is -1.09. The number of unbranched alkanes of at least 4 members (excludes halogenated alkanes) is 2. The second kappa shape index (κ2) is 8.51. The van der Waals surface area contributed by atoms with Crippen LogP contribution in [0.15, 0.2) is 18.2 Å². The van der Waals surface area contributed by atoms with E-state index in [-0.39, 0.29) is 23.4 Å². The molecule has 1 aromatic carbocycles. The zero-order valence-electron chi connectivity index (χ0n) is 16.5. The van der Waals surface area contributed by atoms with Crippen molar-refractivity contribution in [1.29, 1.82) is 0 Å². The lowest BCUT2D eigenvalue weighted by atomic mass is 9.55. The quantitative estimate of drug-likeness (QED) is 0.490. The number of fused-ring (bicyclic) bond motifs is 5. The molecule has 27 heavy (non-hydrogen) atoms. The van der Waals surface area contributed by atoms with Gasteiger partial charge in [0.25, 0.3) is 0 Å². The minimum Gasteiger partial charge on any atom is -0.508 e. The summed E-state index contributed by atoms with van der Waals surface area (Å²) in [6.07, 6.45) is 6.54. The highest BCUT2D eigenvalue weighted by molar-refractivity contribution is 6.17. The fraction of sp³-hybridized carbons (Fsp3) is 0.696. The fourth-order valence-corrected chi connectivity index (χ4v) is 5.90. The second-order valence-electron chi connectivity index (χ2n) is 8.71. The van der Waals surface area contributed by atoms with Crippen molar-refractivity contribution in [2.45, 2.75) is 77.3 Å². The van der Waals surface area contributed by atoms with Crippen molar-refractivity contribution in [3.8, 4) is 5.75 Å². The van der Waals surface area contributed by atoms with E-state index in [1.165, 1.54) is 19.3 Å². The van der Waals surface area contributed by atoms with E-state index in [0.717, 1.165) is 36.3 Å². The average molecular weight is 395 g/mol. The standard InChI is InChI=1S/C18H21FO2.C5H11Cl/c1-18-9-15(19)17-12-5-3-11(20)8-10(12)2-4-13(17)14(18)6-7-16(18)21;1-2-3-4-5-6/h3,5,8,13-15,17,20H,2,4,6-7,9H2,1H3;2-5H2,1H3. The summed E-state index contributed by atoms with van der Waals surface area (Å²) >= 11 is 5.38. The lowest BCUT2D eigenvalue weighted by molar-refractivity contribution is -0.131. The monoisotopic (exact) mass is 394 g/mol. The first kappa shape index (κ1) is 20.6. The number of aromatic hydroxyl groups is 1. The number of phenolic OH excluding ortho intramolecular Hbond substituents is 1. The average Bonchev–Trinajstić information content (AvgIpc) is 2.94.